The SMILES string of the molecule is O=C(Nc1ccccc1Br)Nc1ccc(Cl)c(S(=O)(=O)NCc2ccccc2)c1O. The second-order valence-corrected chi connectivity index (χ2v) is 9.11. The molecule has 0 radical (unpaired) electrons. The Labute approximate surface area is 187 Å². The molecule has 3 rings (SSSR count). The van der Waals surface area contributed by atoms with E-state index < -0.39 is 26.7 Å². The van der Waals surface area contributed by atoms with Gasteiger partial charge in [0, 0.05) is 11.0 Å². The molecule has 3 aromatic carbocycles. The van der Waals surface area contributed by atoms with E-state index in [-0.39, 0.29) is 17.3 Å². The Hall–Kier alpha value is -2.59. The maximum atomic E-state index is 12.7. The van der Waals surface area contributed by atoms with E-state index in [0.717, 1.165) is 5.56 Å². The molecule has 0 atom stereocenters. The van der Waals surface area contributed by atoms with E-state index in [0.29, 0.717) is 10.2 Å². The number of hydrogen-bond acceptors (Lipinski definition) is 4. The summed E-state index contributed by atoms with van der Waals surface area (Å²) in [6, 6.07) is 17.8. The molecule has 0 aliphatic rings. The highest BCUT2D eigenvalue weighted by atomic mass is 79.9. The van der Waals surface area contributed by atoms with Crippen LogP contribution in [0.2, 0.25) is 5.02 Å². The molecule has 0 spiro atoms. The Morgan fingerprint density at radius 1 is 0.933 bits per heavy atom. The molecule has 0 fully saturated rings. The minimum Gasteiger partial charge on any atom is -0.504 e. The largest absolute Gasteiger partial charge is 0.504 e. The van der Waals surface area contributed by atoms with Gasteiger partial charge >= 0.3 is 6.03 Å². The van der Waals surface area contributed by atoms with E-state index in [1.54, 1.807) is 48.5 Å². The second kappa shape index (κ2) is 9.48. The molecule has 0 heterocycles. The van der Waals surface area contributed by atoms with Crippen molar-refractivity contribution in [3.8, 4) is 5.75 Å². The third kappa shape index (κ3) is 5.31. The molecule has 3 aromatic rings. The van der Waals surface area contributed by atoms with Gasteiger partial charge in [0.25, 0.3) is 0 Å². The number of phenols is 1. The van der Waals surface area contributed by atoms with Gasteiger partial charge in [0.2, 0.25) is 10.0 Å². The maximum absolute atomic E-state index is 12.7. The zero-order chi connectivity index (χ0) is 21.7. The standard InChI is InChI=1S/C20H17BrClN3O4S/c21-14-8-4-5-9-16(14)24-20(27)25-17-11-10-15(22)19(18(17)26)30(28,29)23-12-13-6-2-1-3-7-13/h1-11,23,26H,12H2,(H2,24,25,27). The fraction of sp³-hybridized carbons (Fsp3) is 0.0500. The molecule has 0 aliphatic carbocycles. The van der Waals surface area contributed by atoms with Crippen molar-refractivity contribution < 1.29 is 18.3 Å². The highest BCUT2D eigenvalue weighted by Gasteiger charge is 2.25. The van der Waals surface area contributed by atoms with Crippen LogP contribution in [0.1, 0.15) is 5.56 Å². The first-order valence-electron chi connectivity index (χ1n) is 8.65. The molecule has 2 amide bonds. The fourth-order valence-electron chi connectivity index (χ4n) is 2.59. The average molecular weight is 511 g/mol. The summed E-state index contributed by atoms with van der Waals surface area (Å²) in [5, 5.41) is 15.4. The molecule has 0 aliphatic heterocycles. The van der Waals surface area contributed by atoms with Crippen LogP contribution in [-0.2, 0) is 16.6 Å². The molecule has 0 aromatic heterocycles. The number of nitrogens with one attached hydrogen (secondary N) is 3. The van der Waals surface area contributed by atoms with Gasteiger partial charge in [-0.3, -0.25) is 0 Å². The monoisotopic (exact) mass is 509 g/mol. The molecular weight excluding hydrogens is 494 g/mol. The number of amides is 2. The normalized spacial score (nSPS) is 11.1. The van der Waals surface area contributed by atoms with Gasteiger partial charge in [-0.25, -0.2) is 17.9 Å². The molecular formula is C20H17BrClN3O4S. The first-order valence-corrected chi connectivity index (χ1v) is 11.3. The number of sulfonamides is 1. The Bertz CT molecular complexity index is 1170. The smallest absolute Gasteiger partial charge is 0.323 e. The molecule has 10 heteroatoms. The van der Waals surface area contributed by atoms with Gasteiger partial charge in [0.05, 0.1) is 16.4 Å². The molecule has 7 nitrogen and oxygen atoms in total. The molecule has 156 valence electrons. The van der Waals surface area contributed by atoms with Crippen LogP contribution in [0.3, 0.4) is 0 Å². The van der Waals surface area contributed by atoms with Crippen LogP contribution in [-0.4, -0.2) is 19.6 Å². The van der Waals surface area contributed by atoms with Crippen LogP contribution < -0.4 is 15.4 Å². The summed E-state index contributed by atoms with van der Waals surface area (Å²) in [6.07, 6.45) is 0. The van der Waals surface area contributed by atoms with Gasteiger partial charge in [-0.1, -0.05) is 54.1 Å². The van der Waals surface area contributed by atoms with Crippen molar-refractivity contribution in [3.05, 3.63) is 81.8 Å². The molecule has 0 unspecified atom stereocenters. The number of phenolic OH excluding ortho intramolecular Hbond substituents is 1. The predicted molar refractivity (Wildman–Crippen MR) is 120 cm³/mol. The first-order chi connectivity index (χ1) is 14.3. The minimum absolute atomic E-state index is 0.0130. The summed E-state index contributed by atoms with van der Waals surface area (Å²) in [4.78, 5) is 11.8. The molecule has 30 heavy (non-hydrogen) atoms. The van der Waals surface area contributed by atoms with Crippen molar-refractivity contribution in [1.29, 1.82) is 0 Å². The summed E-state index contributed by atoms with van der Waals surface area (Å²) in [5.41, 5.74) is 1.13. The summed E-state index contributed by atoms with van der Waals surface area (Å²) in [6.45, 7) is 0.0130. The van der Waals surface area contributed by atoms with E-state index in [4.69, 9.17) is 11.6 Å². The van der Waals surface area contributed by atoms with Gasteiger partial charge in [0.1, 0.15) is 4.90 Å². The lowest BCUT2D eigenvalue weighted by molar-refractivity contribution is 0.262. The van der Waals surface area contributed by atoms with E-state index in [9.17, 15) is 18.3 Å². The van der Waals surface area contributed by atoms with E-state index >= 15 is 0 Å². The van der Waals surface area contributed by atoms with Gasteiger partial charge in [0.15, 0.2) is 5.75 Å². The minimum atomic E-state index is -4.15. The van der Waals surface area contributed by atoms with Gasteiger partial charge in [-0.15, -0.1) is 0 Å². The van der Waals surface area contributed by atoms with Crippen LogP contribution in [0.15, 0.2) is 76.1 Å². The van der Waals surface area contributed by atoms with Crippen LogP contribution in [0, 0.1) is 0 Å². The van der Waals surface area contributed by atoms with Crippen molar-refractivity contribution in [3.63, 3.8) is 0 Å². The van der Waals surface area contributed by atoms with Crippen molar-refractivity contribution in [2.45, 2.75) is 11.4 Å². The number of para-hydroxylation sites is 1. The van der Waals surface area contributed by atoms with E-state index in [1.165, 1.54) is 12.1 Å². The topological polar surface area (TPSA) is 108 Å². The Kier molecular flexibility index (Phi) is 6.99. The Balaban J connectivity index is 1.80. The summed E-state index contributed by atoms with van der Waals surface area (Å²) in [5.74, 6) is -0.662. The van der Waals surface area contributed by atoms with Gasteiger partial charge in [-0.05, 0) is 45.8 Å². The number of urea groups is 1. The predicted octanol–water partition coefficient (Wildman–Crippen LogP) is 4.93. The molecule has 4 N–H and O–H groups in total. The highest BCUT2D eigenvalue weighted by Crippen LogP contribution is 2.37. The van der Waals surface area contributed by atoms with Crippen LogP contribution in [0.5, 0.6) is 5.75 Å². The van der Waals surface area contributed by atoms with Gasteiger partial charge in [-0.2, -0.15) is 0 Å². The quantitative estimate of drug-likeness (QED) is 0.353. The summed E-state index contributed by atoms with van der Waals surface area (Å²) in [7, 11) is -4.15. The van der Waals surface area contributed by atoms with Crippen molar-refractivity contribution in [2.75, 3.05) is 10.6 Å². The lowest BCUT2D eigenvalue weighted by atomic mass is 10.2. The number of aromatic hydroxyl groups is 1. The van der Waals surface area contributed by atoms with Crippen molar-refractivity contribution in [1.82, 2.24) is 4.72 Å². The highest BCUT2D eigenvalue weighted by molar-refractivity contribution is 9.10. The van der Waals surface area contributed by atoms with Gasteiger partial charge < -0.3 is 15.7 Å². The lowest BCUT2D eigenvalue weighted by Crippen LogP contribution is -2.24. The number of benzene rings is 3. The summed E-state index contributed by atoms with van der Waals surface area (Å²) < 4.78 is 28.5. The van der Waals surface area contributed by atoms with Crippen molar-refractivity contribution >= 4 is 55.0 Å². The first kappa shape index (κ1) is 22.1. The number of carbonyl (C=O) groups is 1. The average Bonchev–Trinajstić information content (AvgIpc) is 2.71. The lowest BCUT2D eigenvalue weighted by Gasteiger charge is -2.14. The molecule has 0 saturated carbocycles. The molecule has 0 bridgehead atoms. The number of carbonyl (C=O) groups excluding carboxylic acids is 1. The third-order valence-electron chi connectivity index (χ3n) is 4.03. The third-order valence-corrected chi connectivity index (χ3v) is 6.63. The number of halogens is 2. The Morgan fingerprint density at radius 2 is 1.57 bits per heavy atom. The fourth-order valence-corrected chi connectivity index (χ4v) is 4.62. The Morgan fingerprint density at radius 3 is 2.27 bits per heavy atom. The number of anilines is 2. The van der Waals surface area contributed by atoms with Crippen LogP contribution >= 0.6 is 27.5 Å². The maximum Gasteiger partial charge on any atom is 0.323 e. The number of rotatable bonds is 6. The van der Waals surface area contributed by atoms with E-state index in [2.05, 4.69) is 31.3 Å². The summed E-state index contributed by atoms with van der Waals surface area (Å²) >= 11 is 9.35. The van der Waals surface area contributed by atoms with Crippen LogP contribution in [0.4, 0.5) is 16.2 Å². The zero-order valence-corrected chi connectivity index (χ0v) is 18.6. The van der Waals surface area contributed by atoms with E-state index in [1.807, 2.05) is 6.07 Å². The van der Waals surface area contributed by atoms with Crippen molar-refractivity contribution in [2.24, 2.45) is 0 Å². The number of hydrogen-bond donors (Lipinski definition) is 4. The second-order valence-electron chi connectivity index (χ2n) is 6.14. The molecule has 0 saturated heterocycles. The zero-order valence-electron chi connectivity index (χ0n) is 15.4. The van der Waals surface area contributed by atoms with Crippen LogP contribution in [0.25, 0.3) is 0 Å².